The van der Waals surface area contributed by atoms with Gasteiger partial charge in [0, 0.05) is 6.20 Å². The van der Waals surface area contributed by atoms with Gasteiger partial charge in [-0.15, -0.1) is 5.10 Å². The first-order valence-corrected chi connectivity index (χ1v) is 4.19. The molecule has 0 aromatic carbocycles. The summed E-state index contributed by atoms with van der Waals surface area (Å²) in [4.78, 5) is 7.80. The van der Waals surface area contributed by atoms with Crippen LogP contribution >= 0.6 is 0 Å². The van der Waals surface area contributed by atoms with Gasteiger partial charge in [0.25, 0.3) is 5.88 Å². The minimum atomic E-state index is -0.137. The molecule has 15 heavy (non-hydrogen) atoms. The van der Waals surface area contributed by atoms with Crippen LogP contribution in [0, 0.1) is 0 Å². The van der Waals surface area contributed by atoms with Gasteiger partial charge in [-0.25, -0.2) is 9.97 Å². The summed E-state index contributed by atoms with van der Waals surface area (Å²) in [6.07, 6.45) is 4.27. The second-order valence-electron chi connectivity index (χ2n) is 2.88. The molecule has 1 aliphatic heterocycles. The Morgan fingerprint density at radius 3 is 3.20 bits per heavy atom. The molecule has 2 aromatic heterocycles. The Morgan fingerprint density at radius 1 is 1.47 bits per heavy atom. The fourth-order valence-corrected chi connectivity index (χ4v) is 1.34. The predicted octanol–water partition coefficient (Wildman–Crippen LogP) is 0.292. The Morgan fingerprint density at radius 2 is 2.40 bits per heavy atom. The summed E-state index contributed by atoms with van der Waals surface area (Å²) in [7, 11) is 0. The highest BCUT2D eigenvalue weighted by atomic mass is 16.7. The minimum absolute atomic E-state index is 0.137. The van der Waals surface area contributed by atoms with E-state index in [4.69, 9.17) is 9.47 Å². The molecule has 0 amide bonds. The molecule has 0 unspecified atom stereocenters. The highest BCUT2D eigenvalue weighted by Gasteiger charge is 2.17. The average molecular weight is 206 g/mol. The maximum atomic E-state index is 9.52. The van der Waals surface area contributed by atoms with Gasteiger partial charge in [-0.05, 0) is 0 Å². The largest absolute Gasteiger partial charge is 0.492 e. The van der Waals surface area contributed by atoms with E-state index in [2.05, 4.69) is 15.1 Å². The Kier molecular flexibility index (Phi) is 1.52. The van der Waals surface area contributed by atoms with E-state index in [1.165, 1.54) is 23.5 Å². The van der Waals surface area contributed by atoms with Crippen molar-refractivity contribution in [3.05, 3.63) is 18.8 Å². The predicted molar refractivity (Wildman–Crippen MR) is 48.3 cm³/mol. The van der Waals surface area contributed by atoms with E-state index in [-0.39, 0.29) is 12.7 Å². The summed E-state index contributed by atoms with van der Waals surface area (Å²) in [5, 5.41) is 13.9. The molecule has 3 rings (SSSR count). The summed E-state index contributed by atoms with van der Waals surface area (Å²) >= 11 is 0. The van der Waals surface area contributed by atoms with E-state index >= 15 is 0 Å². The van der Waals surface area contributed by atoms with Crippen LogP contribution in [0.2, 0.25) is 0 Å². The molecule has 0 saturated carbocycles. The molecule has 7 heteroatoms. The van der Waals surface area contributed by atoms with Crippen LogP contribution in [0.4, 0.5) is 0 Å². The second kappa shape index (κ2) is 2.84. The van der Waals surface area contributed by atoms with Gasteiger partial charge in [0.1, 0.15) is 18.0 Å². The zero-order valence-corrected chi connectivity index (χ0v) is 7.49. The molecule has 1 N–H and O–H groups in total. The Hall–Kier alpha value is -2.31. The lowest BCUT2D eigenvalue weighted by Gasteiger charge is -1.99. The molecule has 1 aliphatic rings. The maximum absolute atomic E-state index is 9.52. The number of ether oxygens (including phenoxy) is 2. The zero-order valence-electron chi connectivity index (χ0n) is 7.49. The minimum Gasteiger partial charge on any atom is -0.492 e. The zero-order chi connectivity index (χ0) is 10.3. The highest BCUT2D eigenvalue weighted by Crippen LogP contribution is 2.24. The quantitative estimate of drug-likeness (QED) is 0.722. The van der Waals surface area contributed by atoms with E-state index in [9.17, 15) is 5.11 Å². The Labute approximate surface area is 83.6 Å². The van der Waals surface area contributed by atoms with E-state index in [1.807, 2.05) is 0 Å². The van der Waals surface area contributed by atoms with E-state index in [0.717, 1.165) is 0 Å². The molecular weight excluding hydrogens is 200 g/mol. The first-order valence-electron chi connectivity index (χ1n) is 4.19. The van der Waals surface area contributed by atoms with Gasteiger partial charge < -0.3 is 14.6 Å². The van der Waals surface area contributed by atoms with Crippen LogP contribution in [0.3, 0.4) is 0 Å². The van der Waals surface area contributed by atoms with Crippen LogP contribution in [0.1, 0.15) is 0 Å². The van der Waals surface area contributed by atoms with Crippen molar-refractivity contribution in [2.45, 2.75) is 0 Å². The lowest BCUT2D eigenvalue weighted by molar-refractivity contribution is 0.0953. The first kappa shape index (κ1) is 8.04. The van der Waals surface area contributed by atoms with Crippen LogP contribution in [-0.4, -0.2) is 31.6 Å². The third-order valence-electron chi connectivity index (χ3n) is 2.00. The third kappa shape index (κ3) is 1.09. The Balaban J connectivity index is 2.26. The van der Waals surface area contributed by atoms with Crippen molar-refractivity contribution in [1.29, 1.82) is 0 Å². The van der Waals surface area contributed by atoms with Gasteiger partial charge in [-0.2, -0.15) is 4.68 Å². The summed E-state index contributed by atoms with van der Waals surface area (Å²) in [5.74, 6) is 0.251. The third-order valence-corrected chi connectivity index (χ3v) is 2.00. The Bertz CT molecular complexity index is 548. The number of rotatable bonds is 1. The molecule has 0 bridgehead atoms. The van der Waals surface area contributed by atoms with Crippen molar-refractivity contribution in [3.8, 4) is 5.88 Å². The number of fused-ring (bicyclic) bond motifs is 1. The van der Waals surface area contributed by atoms with Gasteiger partial charge >= 0.3 is 0 Å². The molecule has 2 aromatic rings. The van der Waals surface area contributed by atoms with Crippen LogP contribution in [0.5, 0.6) is 5.88 Å². The van der Waals surface area contributed by atoms with Crippen molar-refractivity contribution in [1.82, 2.24) is 19.7 Å². The van der Waals surface area contributed by atoms with Crippen LogP contribution in [0.15, 0.2) is 18.8 Å². The monoisotopic (exact) mass is 206 g/mol. The van der Waals surface area contributed by atoms with Gasteiger partial charge in [-0.3, -0.25) is 0 Å². The van der Waals surface area contributed by atoms with Gasteiger partial charge in [0.15, 0.2) is 5.65 Å². The van der Waals surface area contributed by atoms with E-state index in [1.54, 1.807) is 0 Å². The number of hydrogen-bond donors (Lipinski definition) is 1. The fourth-order valence-electron chi connectivity index (χ4n) is 1.34. The van der Waals surface area contributed by atoms with Crippen molar-refractivity contribution in [2.24, 2.45) is 0 Å². The molecule has 0 saturated heterocycles. The normalized spacial score (nSPS) is 14.8. The molecule has 3 heterocycles. The average Bonchev–Trinajstić information content (AvgIpc) is 2.87. The van der Waals surface area contributed by atoms with Crippen molar-refractivity contribution in [2.75, 3.05) is 6.79 Å². The van der Waals surface area contributed by atoms with Crippen molar-refractivity contribution < 1.29 is 14.6 Å². The molecule has 7 nitrogen and oxygen atoms in total. The van der Waals surface area contributed by atoms with Gasteiger partial charge in [0.2, 0.25) is 12.7 Å². The van der Waals surface area contributed by atoms with Gasteiger partial charge in [-0.1, -0.05) is 0 Å². The molecular formula is C8H6N4O3. The number of hydrogen-bond acceptors (Lipinski definition) is 6. The molecule has 0 fully saturated rings. The molecule has 0 spiro atoms. The summed E-state index contributed by atoms with van der Waals surface area (Å²) < 4.78 is 11.4. The fraction of sp³-hybridized carbons (Fsp3) is 0.125. The first-order chi connectivity index (χ1) is 7.36. The van der Waals surface area contributed by atoms with Crippen molar-refractivity contribution in [3.63, 3.8) is 0 Å². The number of aromatic nitrogens is 4. The lowest BCUT2D eigenvalue weighted by Crippen LogP contribution is -2.00. The summed E-state index contributed by atoms with van der Waals surface area (Å²) in [5.41, 5.74) is 0.472. The van der Waals surface area contributed by atoms with Crippen LogP contribution < -0.4 is 0 Å². The van der Waals surface area contributed by atoms with E-state index in [0.29, 0.717) is 16.9 Å². The van der Waals surface area contributed by atoms with E-state index < -0.39 is 0 Å². The lowest BCUT2D eigenvalue weighted by atomic mass is 10.4. The standard InChI is InChI=1S/C8H6N4O3/c13-8-5-1-9-3-10-7(5)12(11-8)6-2-14-4-15-6/h1-3H,4H2,(H,11,13). The molecule has 0 atom stereocenters. The summed E-state index contributed by atoms with van der Waals surface area (Å²) in [6.45, 7) is 0.141. The summed E-state index contributed by atoms with van der Waals surface area (Å²) in [6, 6.07) is 0. The van der Waals surface area contributed by atoms with Crippen LogP contribution in [-0.2, 0) is 9.47 Å². The smallest absolute Gasteiger partial charge is 0.255 e. The SMILES string of the molecule is Oc1nn(C2=COCO2)c2ncncc12. The van der Waals surface area contributed by atoms with Crippen LogP contribution in [0.25, 0.3) is 16.9 Å². The molecule has 0 radical (unpaired) electrons. The number of aromatic hydroxyl groups is 1. The molecule has 0 aliphatic carbocycles. The topological polar surface area (TPSA) is 82.3 Å². The van der Waals surface area contributed by atoms with Gasteiger partial charge in [0.05, 0.1) is 0 Å². The molecule has 76 valence electrons. The highest BCUT2D eigenvalue weighted by molar-refractivity contribution is 5.81. The second-order valence-corrected chi connectivity index (χ2v) is 2.88. The maximum Gasteiger partial charge on any atom is 0.255 e. The number of nitrogens with zero attached hydrogens (tertiary/aromatic N) is 4. The van der Waals surface area contributed by atoms with Crippen molar-refractivity contribution >= 4 is 16.9 Å².